The van der Waals surface area contributed by atoms with Crippen molar-refractivity contribution in [1.82, 2.24) is 20.3 Å². The molecular formula is CHHgN5O2+2. The molecule has 0 aliphatic heterocycles. The summed E-state index contributed by atoms with van der Waals surface area (Å²) in [6, 6.07) is 0. The van der Waals surface area contributed by atoms with Gasteiger partial charge in [-0.2, -0.15) is 0 Å². The molecule has 0 atom stereocenters. The Hall–Kier alpha value is -0.595. The van der Waals surface area contributed by atoms with E-state index in [-0.39, 0.29) is 27.7 Å². The van der Waals surface area contributed by atoms with E-state index in [9.17, 15) is 10.1 Å². The summed E-state index contributed by atoms with van der Waals surface area (Å²) in [6.07, 6.45) is 0.903. The summed E-state index contributed by atoms with van der Waals surface area (Å²) in [4.78, 5) is 10.1. The number of nitrogens with zero attached hydrogens (tertiary/aromatic N) is 5. The Morgan fingerprint density at radius 3 is 2.56 bits per heavy atom. The molecule has 1 aromatic heterocycles. The summed E-state index contributed by atoms with van der Waals surface area (Å²) in [5, 5.41) is 18.0. The minimum atomic E-state index is -0.736. The van der Waals surface area contributed by atoms with Crippen LogP contribution in [0.5, 0.6) is 0 Å². The Morgan fingerprint density at radius 2 is 2.33 bits per heavy atom. The molecule has 0 aromatic carbocycles. The van der Waals surface area contributed by atoms with Gasteiger partial charge >= 0.3 is 27.7 Å². The molecule has 8 heteroatoms. The van der Waals surface area contributed by atoms with Crippen molar-refractivity contribution < 1.29 is 32.7 Å². The molecule has 0 aliphatic rings. The number of nitro groups is 1. The number of aromatic nitrogens is 4. The number of hydrogen-bond donors (Lipinski definition) is 0. The van der Waals surface area contributed by atoms with Gasteiger partial charge in [0, 0.05) is 0 Å². The van der Waals surface area contributed by atoms with Gasteiger partial charge in [0.15, 0.2) is 0 Å². The van der Waals surface area contributed by atoms with E-state index < -0.39 is 5.03 Å². The molecule has 42 valence electrons. The van der Waals surface area contributed by atoms with Crippen molar-refractivity contribution in [3.63, 3.8) is 0 Å². The van der Waals surface area contributed by atoms with Gasteiger partial charge in [0.2, 0.25) is 11.5 Å². The van der Waals surface area contributed by atoms with Crippen LogP contribution >= 0.6 is 0 Å². The van der Waals surface area contributed by atoms with E-state index in [1.165, 1.54) is 0 Å². The van der Waals surface area contributed by atoms with Crippen LogP contribution in [-0.4, -0.2) is 25.3 Å². The predicted molar refractivity (Wildman–Crippen MR) is 20.2 cm³/mol. The number of tetrazole rings is 1. The third kappa shape index (κ3) is 2.00. The van der Waals surface area contributed by atoms with Gasteiger partial charge in [-0.15, -0.1) is 0 Å². The quantitative estimate of drug-likeness (QED) is 0.366. The van der Waals surface area contributed by atoms with E-state index in [4.69, 9.17) is 0 Å². The van der Waals surface area contributed by atoms with Crippen LogP contribution in [0.1, 0.15) is 0 Å². The van der Waals surface area contributed by atoms with E-state index >= 15 is 0 Å². The van der Waals surface area contributed by atoms with E-state index in [0.717, 1.165) is 6.33 Å². The van der Waals surface area contributed by atoms with Gasteiger partial charge in [-0.25, -0.2) is 0 Å². The summed E-state index contributed by atoms with van der Waals surface area (Å²) in [6.45, 7) is 0. The van der Waals surface area contributed by atoms with Gasteiger partial charge in [-0.05, 0) is 0 Å². The minimum absolute atomic E-state index is 0. The first kappa shape index (κ1) is 8.41. The van der Waals surface area contributed by atoms with Crippen molar-refractivity contribution in [2.24, 2.45) is 0 Å². The van der Waals surface area contributed by atoms with Gasteiger partial charge in [-0.1, -0.05) is 5.10 Å². The maximum Gasteiger partial charge on any atom is 2.00 e. The maximum atomic E-state index is 9.69. The zero-order chi connectivity index (χ0) is 5.98. The fourth-order valence-electron chi connectivity index (χ4n) is 0.231. The zero-order valence-corrected chi connectivity index (χ0v) is 9.83. The second-order valence-electron chi connectivity index (χ2n) is 0.968. The predicted octanol–water partition coefficient (Wildman–Crippen LogP) is -1.29. The largest absolute Gasteiger partial charge is 2.00 e. The smallest absolute Gasteiger partial charge is 0.339 e. The zero-order valence-electron chi connectivity index (χ0n) is 4.34. The van der Waals surface area contributed by atoms with Crippen LogP contribution in [0.4, 0.5) is 0 Å². The average molecular weight is 316 g/mol. The van der Waals surface area contributed by atoms with Crippen molar-refractivity contribution in [3.05, 3.63) is 16.4 Å². The topological polar surface area (TPSA) is 86.7 Å². The first-order chi connectivity index (χ1) is 3.80. The van der Waals surface area contributed by atoms with Crippen LogP contribution in [0.3, 0.4) is 0 Å². The molecule has 0 fully saturated rings. The fourth-order valence-corrected chi connectivity index (χ4v) is 0.231. The molecule has 0 saturated heterocycles. The van der Waals surface area contributed by atoms with Gasteiger partial charge in [-0.3, -0.25) is 0 Å². The second kappa shape index (κ2) is 3.43. The number of hydrogen-bond acceptors (Lipinski definition) is 5. The Labute approximate surface area is 69.7 Å². The summed E-state index contributed by atoms with van der Waals surface area (Å²) < 4.78 is 0. The van der Waals surface area contributed by atoms with E-state index in [0.29, 0.717) is 4.79 Å². The molecular weight excluding hydrogens is 315 g/mol. The second-order valence-corrected chi connectivity index (χ2v) is 0.968. The third-order valence-electron chi connectivity index (χ3n) is 0.506. The molecule has 0 amide bonds. The molecule has 1 aromatic rings. The van der Waals surface area contributed by atoms with Gasteiger partial charge in [0.25, 0.3) is 0 Å². The molecule has 0 saturated carbocycles. The Bertz CT molecular complexity index is 183. The van der Waals surface area contributed by atoms with Gasteiger partial charge in [0.1, 0.15) is 5.21 Å². The van der Waals surface area contributed by atoms with Crippen LogP contribution in [0.15, 0.2) is 6.33 Å². The molecule has 0 radical (unpaired) electrons. The maximum absolute atomic E-state index is 9.69. The molecule has 9 heavy (non-hydrogen) atoms. The standard InChI is InChI=1S/CHN5O2.Hg/c7-6(8)5-1-2-3-4-5;/h1H;/q;+2. The Kier molecular flexibility index (Phi) is 3.21. The van der Waals surface area contributed by atoms with E-state index in [1.54, 1.807) is 0 Å². The summed E-state index contributed by atoms with van der Waals surface area (Å²) in [5.41, 5.74) is 0. The van der Waals surface area contributed by atoms with Crippen LogP contribution < -0.4 is 0 Å². The Morgan fingerprint density at radius 1 is 1.67 bits per heavy atom. The van der Waals surface area contributed by atoms with Crippen molar-refractivity contribution in [1.29, 1.82) is 0 Å². The van der Waals surface area contributed by atoms with Crippen LogP contribution in [0, 0.1) is 10.1 Å². The van der Waals surface area contributed by atoms with Crippen LogP contribution in [0.25, 0.3) is 0 Å². The van der Waals surface area contributed by atoms with E-state index in [2.05, 4.69) is 15.5 Å². The SMILES string of the molecule is O=[N+]([O-])n1cnnn1.[Hg+2]. The van der Waals surface area contributed by atoms with E-state index in [1.807, 2.05) is 0 Å². The number of rotatable bonds is 1. The molecule has 0 unspecified atom stereocenters. The summed E-state index contributed by atoms with van der Waals surface area (Å²) in [7, 11) is 0. The fraction of sp³-hybridized carbons (Fsp3) is 0. The monoisotopic (exact) mass is 317 g/mol. The van der Waals surface area contributed by atoms with Gasteiger partial charge in [0.05, 0.1) is 9.82 Å². The van der Waals surface area contributed by atoms with Crippen molar-refractivity contribution in [2.45, 2.75) is 0 Å². The molecule has 0 bridgehead atoms. The van der Waals surface area contributed by atoms with Crippen molar-refractivity contribution in [2.75, 3.05) is 0 Å². The average Bonchev–Trinajstić information content (AvgIpc) is 2.12. The molecule has 7 nitrogen and oxygen atoms in total. The Balaban J connectivity index is 0.000000640. The summed E-state index contributed by atoms with van der Waals surface area (Å²) in [5.74, 6) is 0. The normalized spacial score (nSPS) is 8.00. The molecule has 0 aliphatic carbocycles. The summed E-state index contributed by atoms with van der Waals surface area (Å²) >= 11 is 0. The molecule has 1 heterocycles. The van der Waals surface area contributed by atoms with Crippen molar-refractivity contribution >= 4 is 0 Å². The van der Waals surface area contributed by atoms with Crippen LogP contribution in [-0.2, 0) is 27.7 Å². The van der Waals surface area contributed by atoms with Crippen LogP contribution in [0.2, 0.25) is 0 Å². The third-order valence-corrected chi connectivity index (χ3v) is 0.506. The van der Waals surface area contributed by atoms with Crippen molar-refractivity contribution in [3.8, 4) is 0 Å². The minimum Gasteiger partial charge on any atom is -0.339 e. The molecule has 0 spiro atoms. The van der Waals surface area contributed by atoms with Gasteiger partial charge < -0.3 is 10.1 Å². The molecule has 1 rings (SSSR count). The first-order valence-electron chi connectivity index (χ1n) is 1.68. The molecule has 0 N–H and O–H groups in total. The first-order valence-corrected chi connectivity index (χ1v) is 1.68.